The minimum absolute atomic E-state index is 0.000504. The number of H-pyrrole nitrogens is 1. The summed E-state index contributed by atoms with van der Waals surface area (Å²) in [4.78, 5) is 19.3. The molecule has 0 bridgehead atoms. The van der Waals surface area contributed by atoms with Gasteiger partial charge in [-0.15, -0.1) is 0 Å². The van der Waals surface area contributed by atoms with Crippen LogP contribution >= 0.6 is 0 Å². The third-order valence-electron chi connectivity index (χ3n) is 7.23. The largest absolute Gasteiger partial charge is 0.504 e. The monoisotopic (exact) mass is 443 g/mol. The first-order chi connectivity index (χ1) is 15.7. The van der Waals surface area contributed by atoms with Crippen molar-refractivity contribution in [2.75, 3.05) is 13.1 Å². The fourth-order valence-corrected chi connectivity index (χ4v) is 5.32. The van der Waals surface area contributed by atoms with Crippen molar-refractivity contribution < 1.29 is 14.6 Å². The number of rotatable bonds is 3. The number of nitriles is 1. The molecule has 5 rings (SSSR count). The van der Waals surface area contributed by atoms with Crippen LogP contribution in [-0.2, 0) is 5.41 Å². The van der Waals surface area contributed by atoms with E-state index in [2.05, 4.69) is 43.6 Å². The molecule has 2 heterocycles. The molecule has 0 radical (unpaired) electrons. The van der Waals surface area contributed by atoms with Crippen molar-refractivity contribution in [1.29, 1.82) is 5.26 Å². The molecule has 0 spiro atoms. The van der Waals surface area contributed by atoms with Gasteiger partial charge >= 0.3 is 0 Å². The highest BCUT2D eigenvalue weighted by molar-refractivity contribution is 6.20. The van der Waals surface area contributed by atoms with Gasteiger partial charge < -0.3 is 14.8 Å². The first kappa shape index (κ1) is 21.5. The Morgan fingerprint density at radius 1 is 1.27 bits per heavy atom. The Morgan fingerprint density at radius 3 is 2.79 bits per heavy atom. The number of phenolic OH excluding ortho intramolecular Hbond substituents is 1. The predicted octanol–water partition coefficient (Wildman–Crippen LogP) is 4.87. The van der Waals surface area contributed by atoms with Crippen LogP contribution in [0.25, 0.3) is 10.9 Å². The Morgan fingerprint density at radius 2 is 2.06 bits per heavy atom. The molecule has 1 atom stereocenters. The molecule has 3 aromatic rings. The lowest BCUT2D eigenvalue weighted by Gasteiger charge is -2.36. The normalized spacial score (nSPS) is 19.9. The molecule has 0 unspecified atom stereocenters. The summed E-state index contributed by atoms with van der Waals surface area (Å²) < 4.78 is 6.29. The number of phenols is 1. The number of likely N-dealkylation sites (tertiary alicyclic amines) is 1. The number of hydrogen-bond acceptors (Lipinski definition) is 5. The third kappa shape index (κ3) is 3.39. The summed E-state index contributed by atoms with van der Waals surface area (Å²) in [7, 11) is 0. The van der Waals surface area contributed by atoms with E-state index in [1.807, 2.05) is 12.1 Å². The van der Waals surface area contributed by atoms with Crippen LogP contribution in [0, 0.1) is 11.3 Å². The van der Waals surface area contributed by atoms with Crippen LogP contribution in [0.3, 0.4) is 0 Å². The van der Waals surface area contributed by atoms with E-state index in [1.165, 1.54) is 0 Å². The molecule has 6 nitrogen and oxygen atoms in total. The van der Waals surface area contributed by atoms with Gasteiger partial charge in [0.2, 0.25) is 0 Å². The molecule has 0 amide bonds. The summed E-state index contributed by atoms with van der Waals surface area (Å²) in [5, 5.41) is 20.9. The average Bonchev–Trinajstić information content (AvgIpc) is 3.19. The predicted molar refractivity (Wildman–Crippen MR) is 127 cm³/mol. The van der Waals surface area contributed by atoms with Crippen molar-refractivity contribution >= 4 is 16.7 Å². The van der Waals surface area contributed by atoms with E-state index < -0.39 is 5.41 Å². The Kier molecular flexibility index (Phi) is 4.98. The lowest BCUT2D eigenvalue weighted by atomic mass is 9.71. The summed E-state index contributed by atoms with van der Waals surface area (Å²) in [6.07, 6.45) is 2.00. The fourth-order valence-electron chi connectivity index (χ4n) is 5.32. The highest BCUT2D eigenvalue weighted by atomic mass is 16.5. The molecule has 1 aromatic heterocycles. The molecule has 1 saturated heterocycles. The molecular formula is C27H29N3O3. The molecule has 33 heavy (non-hydrogen) atoms. The molecule has 0 saturated carbocycles. The van der Waals surface area contributed by atoms with E-state index >= 15 is 0 Å². The lowest BCUT2D eigenvalue weighted by molar-refractivity contribution is 0.0687. The first-order valence-electron chi connectivity index (χ1n) is 11.6. The standard InChI is InChI=1S/C27H29N3O3/c1-15(2)30-9-5-6-17(14-30)33-23-12-20-19(11-22(23)31)25(32)24-18-8-7-16(13-28)10-21(18)29-26(24)27(20,3)4/h7-8,10-12,15,17,29,31H,5-6,9,14H2,1-4H3/t17-/m1/s1. The van der Waals surface area contributed by atoms with E-state index in [9.17, 15) is 15.2 Å². The summed E-state index contributed by atoms with van der Waals surface area (Å²) in [5.41, 5.74) is 3.56. The second-order valence-corrected chi connectivity index (χ2v) is 10.0. The van der Waals surface area contributed by atoms with Gasteiger partial charge in [0.15, 0.2) is 17.3 Å². The van der Waals surface area contributed by atoms with Gasteiger partial charge in [-0.3, -0.25) is 9.69 Å². The smallest absolute Gasteiger partial charge is 0.195 e. The molecule has 1 aliphatic heterocycles. The van der Waals surface area contributed by atoms with E-state index in [0.29, 0.717) is 28.5 Å². The van der Waals surface area contributed by atoms with Crippen molar-refractivity contribution in [3.63, 3.8) is 0 Å². The highest BCUT2D eigenvalue weighted by Crippen LogP contribution is 2.47. The zero-order chi connectivity index (χ0) is 23.5. The van der Waals surface area contributed by atoms with E-state index in [1.54, 1.807) is 18.2 Å². The summed E-state index contributed by atoms with van der Waals surface area (Å²) >= 11 is 0. The number of nitrogens with zero attached hydrogens (tertiary/aromatic N) is 2. The maximum absolute atomic E-state index is 13.6. The number of aromatic hydroxyl groups is 1. The van der Waals surface area contributed by atoms with E-state index in [0.717, 1.165) is 48.1 Å². The van der Waals surface area contributed by atoms with Gasteiger partial charge in [-0.2, -0.15) is 5.26 Å². The van der Waals surface area contributed by atoms with Gasteiger partial charge in [0.25, 0.3) is 0 Å². The zero-order valence-electron chi connectivity index (χ0n) is 19.5. The fraction of sp³-hybridized carbons (Fsp3) is 0.407. The summed E-state index contributed by atoms with van der Waals surface area (Å²) in [6, 6.07) is 11.3. The number of aromatic nitrogens is 1. The van der Waals surface area contributed by atoms with Crippen molar-refractivity contribution in [3.8, 4) is 17.6 Å². The number of aromatic amines is 1. The molecule has 1 aliphatic carbocycles. The van der Waals surface area contributed by atoms with Crippen LogP contribution in [0.5, 0.6) is 11.5 Å². The molecule has 2 aromatic carbocycles. The molecule has 1 fully saturated rings. The topological polar surface area (TPSA) is 89.3 Å². The second kappa shape index (κ2) is 7.64. The second-order valence-electron chi connectivity index (χ2n) is 10.0. The van der Waals surface area contributed by atoms with Gasteiger partial charge in [-0.1, -0.05) is 19.9 Å². The quantitative estimate of drug-likeness (QED) is 0.603. The van der Waals surface area contributed by atoms with Gasteiger partial charge in [0, 0.05) is 40.2 Å². The van der Waals surface area contributed by atoms with Crippen molar-refractivity contribution in [3.05, 3.63) is 58.3 Å². The molecule has 2 aliphatic rings. The summed E-state index contributed by atoms with van der Waals surface area (Å²) in [6.45, 7) is 10.4. The Balaban J connectivity index is 1.56. The Bertz CT molecular complexity index is 1310. The number of benzene rings is 2. The number of nitrogens with one attached hydrogen (secondary N) is 1. The van der Waals surface area contributed by atoms with Crippen LogP contribution in [0.15, 0.2) is 30.3 Å². The number of piperidine rings is 1. The zero-order valence-corrected chi connectivity index (χ0v) is 19.5. The van der Waals surface area contributed by atoms with Gasteiger partial charge in [-0.25, -0.2) is 0 Å². The number of carbonyl (C=O) groups excluding carboxylic acids is 1. The van der Waals surface area contributed by atoms with Crippen LogP contribution < -0.4 is 4.74 Å². The maximum atomic E-state index is 13.6. The van der Waals surface area contributed by atoms with Crippen LogP contribution in [0.2, 0.25) is 0 Å². The summed E-state index contributed by atoms with van der Waals surface area (Å²) in [5.74, 6) is 0.298. The number of fused-ring (bicyclic) bond motifs is 4. The average molecular weight is 444 g/mol. The Labute approximate surface area is 193 Å². The number of ether oxygens (including phenoxy) is 1. The third-order valence-corrected chi connectivity index (χ3v) is 7.23. The Hall–Kier alpha value is -3.30. The van der Waals surface area contributed by atoms with Crippen LogP contribution in [0.1, 0.15) is 73.3 Å². The van der Waals surface area contributed by atoms with Crippen molar-refractivity contribution in [2.45, 2.75) is 58.1 Å². The minimum atomic E-state index is -0.507. The van der Waals surface area contributed by atoms with E-state index in [4.69, 9.17) is 4.74 Å². The first-order valence-corrected chi connectivity index (χ1v) is 11.6. The van der Waals surface area contributed by atoms with Gasteiger partial charge in [0.05, 0.1) is 17.2 Å². The molecule has 170 valence electrons. The molecular weight excluding hydrogens is 414 g/mol. The van der Waals surface area contributed by atoms with Gasteiger partial charge in [0.1, 0.15) is 6.10 Å². The van der Waals surface area contributed by atoms with Crippen molar-refractivity contribution in [1.82, 2.24) is 9.88 Å². The van der Waals surface area contributed by atoms with Crippen molar-refractivity contribution in [2.24, 2.45) is 0 Å². The maximum Gasteiger partial charge on any atom is 0.195 e. The lowest BCUT2D eigenvalue weighted by Crippen LogP contribution is -2.44. The molecule has 6 heteroatoms. The SMILES string of the molecule is CC(C)N1CCC[C@@H](Oc2cc3c(cc2O)C(=O)c2c([nH]c4cc(C#N)ccc24)C3(C)C)C1. The number of carbonyl (C=O) groups is 1. The molecule has 2 N–H and O–H groups in total. The number of ketones is 1. The van der Waals surface area contributed by atoms with Crippen LogP contribution in [0.4, 0.5) is 0 Å². The van der Waals surface area contributed by atoms with E-state index in [-0.39, 0.29) is 17.6 Å². The minimum Gasteiger partial charge on any atom is -0.504 e. The van der Waals surface area contributed by atoms with Gasteiger partial charge in [-0.05, 0) is 63.1 Å². The number of hydrogen-bond donors (Lipinski definition) is 2. The van der Waals surface area contributed by atoms with Crippen LogP contribution in [-0.4, -0.2) is 46.0 Å². The highest BCUT2D eigenvalue weighted by Gasteiger charge is 2.40.